The van der Waals surface area contributed by atoms with Crippen molar-refractivity contribution in [1.29, 1.82) is 0 Å². The maximum absolute atomic E-state index is 13.7. The number of amides is 1. The van der Waals surface area contributed by atoms with Crippen molar-refractivity contribution in [2.24, 2.45) is 11.8 Å². The predicted molar refractivity (Wildman–Crippen MR) is 134 cm³/mol. The van der Waals surface area contributed by atoms with Crippen molar-refractivity contribution in [2.75, 3.05) is 24.7 Å². The van der Waals surface area contributed by atoms with Gasteiger partial charge in [0.25, 0.3) is 5.91 Å². The standard InChI is InChI=1S/C28H28N2O3S/c31-25(15-18-8-9-18)26-16-20-10-12-30(24-7-2-1-5-22(24)27(20)34-26)28(32)23-6-3-4-21(29-23)14-19-11-13-33-17-19/h1-7,16,18-19H,8-15,17H2/t19-/m0/s1. The summed E-state index contributed by atoms with van der Waals surface area (Å²) < 4.78 is 5.50. The molecule has 34 heavy (non-hydrogen) atoms. The highest BCUT2D eigenvalue weighted by Gasteiger charge is 2.30. The van der Waals surface area contributed by atoms with Gasteiger partial charge in [-0.3, -0.25) is 9.59 Å². The van der Waals surface area contributed by atoms with Crippen LogP contribution in [0.2, 0.25) is 0 Å². The highest BCUT2D eigenvalue weighted by molar-refractivity contribution is 7.17. The van der Waals surface area contributed by atoms with Gasteiger partial charge >= 0.3 is 0 Å². The van der Waals surface area contributed by atoms with Crippen molar-refractivity contribution in [1.82, 2.24) is 4.98 Å². The number of aromatic nitrogens is 1. The number of nitrogens with zero attached hydrogens (tertiary/aromatic N) is 2. The molecular weight excluding hydrogens is 444 g/mol. The zero-order valence-corrected chi connectivity index (χ0v) is 20.0. The Bertz CT molecular complexity index is 1240. The molecule has 3 aromatic rings. The molecule has 1 aromatic carbocycles. The lowest BCUT2D eigenvalue weighted by molar-refractivity contribution is 0.0972. The number of ketones is 1. The fourth-order valence-corrected chi connectivity index (χ4v) is 6.21. The van der Waals surface area contributed by atoms with E-state index in [1.54, 1.807) is 11.3 Å². The van der Waals surface area contributed by atoms with Crippen LogP contribution in [0.5, 0.6) is 0 Å². The molecule has 6 heteroatoms. The molecule has 1 saturated carbocycles. The number of hydrogen-bond donors (Lipinski definition) is 0. The number of anilines is 1. The summed E-state index contributed by atoms with van der Waals surface area (Å²) in [5.74, 6) is 1.25. The molecule has 174 valence electrons. The van der Waals surface area contributed by atoms with Gasteiger partial charge in [0.15, 0.2) is 5.78 Å². The summed E-state index contributed by atoms with van der Waals surface area (Å²) in [5.41, 5.74) is 4.51. The van der Waals surface area contributed by atoms with Crippen LogP contribution in [0.1, 0.15) is 57.1 Å². The number of pyridine rings is 1. The van der Waals surface area contributed by atoms with E-state index in [-0.39, 0.29) is 11.7 Å². The second kappa shape index (κ2) is 9.08. The lowest BCUT2D eigenvalue weighted by Crippen LogP contribution is -2.33. The summed E-state index contributed by atoms with van der Waals surface area (Å²) >= 11 is 1.58. The van der Waals surface area contributed by atoms with E-state index in [0.29, 0.717) is 30.5 Å². The van der Waals surface area contributed by atoms with Gasteiger partial charge in [0.2, 0.25) is 0 Å². The Morgan fingerprint density at radius 1 is 1.06 bits per heavy atom. The smallest absolute Gasteiger partial charge is 0.276 e. The van der Waals surface area contributed by atoms with E-state index in [2.05, 4.69) is 12.1 Å². The first-order chi connectivity index (χ1) is 16.7. The minimum atomic E-state index is -0.0721. The zero-order chi connectivity index (χ0) is 23.1. The fraction of sp³-hybridized carbons (Fsp3) is 0.393. The van der Waals surface area contributed by atoms with E-state index < -0.39 is 0 Å². The fourth-order valence-electron chi connectivity index (χ4n) is 5.02. The number of ether oxygens (including phenoxy) is 1. The molecule has 1 saturated heterocycles. The number of rotatable bonds is 6. The van der Waals surface area contributed by atoms with Crippen LogP contribution in [0, 0.1) is 11.8 Å². The molecule has 5 nitrogen and oxygen atoms in total. The quantitative estimate of drug-likeness (QED) is 0.440. The molecule has 0 spiro atoms. The first-order valence-electron chi connectivity index (χ1n) is 12.3. The van der Waals surface area contributed by atoms with Crippen molar-refractivity contribution in [3.05, 3.63) is 70.4 Å². The molecule has 2 aromatic heterocycles. The Balaban J connectivity index is 1.29. The third-order valence-corrected chi connectivity index (χ3v) is 8.34. The van der Waals surface area contributed by atoms with E-state index >= 15 is 0 Å². The van der Waals surface area contributed by atoms with E-state index in [4.69, 9.17) is 9.72 Å². The molecule has 0 N–H and O–H groups in total. The topological polar surface area (TPSA) is 59.5 Å². The molecule has 4 heterocycles. The molecule has 2 aliphatic heterocycles. The van der Waals surface area contributed by atoms with Crippen molar-refractivity contribution < 1.29 is 14.3 Å². The van der Waals surface area contributed by atoms with Gasteiger partial charge in [0, 0.05) is 42.3 Å². The molecule has 6 rings (SSSR count). The summed E-state index contributed by atoms with van der Waals surface area (Å²) in [6.07, 6.45) is 5.64. The van der Waals surface area contributed by atoms with Crippen molar-refractivity contribution in [3.8, 4) is 10.4 Å². The summed E-state index contributed by atoms with van der Waals surface area (Å²) in [4.78, 5) is 35.0. The second-order valence-electron chi connectivity index (χ2n) is 9.71. The second-order valence-corrected chi connectivity index (χ2v) is 10.8. The Labute approximate surface area is 203 Å². The van der Waals surface area contributed by atoms with E-state index in [0.717, 1.165) is 64.7 Å². The van der Waals surface area contributed by atoms with Crippen molar-refractivity contribution in [2.45, 2.75) is 38.5 Å². The first-order valence-corrected chi connectivity index (χ1v) is 13.1. The van der Waals surface area contributed by atoms with Gasteiger partial charge in [-0.1, -0.05) is 24.3 Å². The minimum Gasteiger partial charge on any atom is -0.381 e. The summed E-state index contributed by atoms with van der Waals surface area (Å²) in [6, 6.07) is 15.9. The third kappa shape index (κ3) is 4.32. The van der Waals surface area contributed by atoms with Gasteiger partial charge in [-0.2, -0.15) is 0 Å². The molecule has 1 amide bonds. The van der Waals surface area contributed by atoms with Gasteiger partial charge in [0.1, 0.15) is 5.69 Å². The van der Waals surface area contributed by atoms with Crippen LogP contribution in [0.3, 0.4) is 0 Å². The number of hydrogen-bond acceptors (Lipinski definition) is 5. The SMILES string of the molecule is O=C(CC1CC1)c1cc2c(s1)-c1ccccc1N(C(=O)c1cccc(C[C@@H]3CCOC3)n1)CC2. The highest BCUT2D eigenvalue weighted by atomic mass is 32.1. The number of para-hydroxylation sites is 1. The lowest BCUT2D eigenvalue weighted by Gasteiger charge is -2.23. The van der Waals surface area contributed by atoms with Crippen LogP contribution < -0.4 is 4.90 Å². The Kier molecular flexibility index (Phi) is 5.79. The highest BCUT2D eigenvalue weighted by Crippen LogP contribution is 2.43. The number of Topliss-reactive ketones (excluding diaryl/α,β-unsaturated/α-hetero) is 1. The number of carbonyl (C=O) groups excluding carboxylic acids is 2. The largest absolute Gasteiger partial charge is 0.381 e. The van der Waals surface area contributed by atoms with E-state index in [1.807, 2.05) is 41.3 Å². The minimum absolute atomic E-state index is 0.0721. The van der Waals surface area contributed by atoms with Gasteiger partial charge in [0.05, 0.1) is 10.6 Å². The number of fused-ring (bicyclic) bond motifs is 3. The summed E-state index contributed by atoms with van der Waals surface area (Å²) in [5, 5.41) is 0. The van der Waals surface area contributed by atoms with Gasteiger partial charge in [-0.05, 0) is 73.8 Å². The average Bonchev–Trinajstić information content (AvgIpc) is 3.37. The van der Waals surface area contributed by atoms with E-state index in [9.17, 15) is 9.59 Å². The molecule has 2 fully saturated rings. The molecule has 1 atom stereocenters. The lowest BCUT2D eigenvalue weighted by atomic mass is 10.0. The van der Waals surface area contributed by atoms with Crippen LogP contribution in [0.15, 0.2) is 48.5 Å². The average molecular weight is 473 g/mol. The number of thiophene rings is 1. The van der Waals surface area contributed by atoms with Crippen molar-refractivity contribution >= 4 is 28.7 Å². The maximum Gasteiger partial charge on any atom is 0.276 e. The Morgan fingerprint density at radius 2 is 1.94 bits per heavy atom. The normalized spacial score (nSPS) is 19.4. The molecular formula is C28H28N2O3S. The van der Waals surface area contributed by atoms with Gasteiger partial charge in [-0.15, -0.1) is 11.3 Å². The van der Waals surface area contributed by atoms with Crippen LogP contribution in [0.4, 0.5) is 5.69 Å². The molecule has 0 radical (unpaired) electrons. The maximum atomic E-state index is 13.7. The molecule has 0 bridgehead atoms. The molecule has 1 aliphatic carbocycles. The van der Waals surface area contributed by atoms with Gasteiger partial charge < -0.3 is 9.64 Å². The first kappa shape index (κ1) is 21.7. The van der Waals surface area contributed by atoms with Crippen molar-refractivity contribution in [3.63, 3.8) is 0 Å². The predicted octanol–water partition coefficient (Wildman–Crippen LogP) is 5.57. The number of benzene rings is 1. The molecule has 0 unspecified atom stereocenters. The van der Waals surface area contributed by atoms with E-state index in [1.165, 1.54) is 12.8 Å². The third-order valence-electron chi connectivity index (χ3n) is 7.09. The Hall–Kier alpha value is -2.83. The van der Waals surface area contributed by atoms with Crippen LogP contribution in [-0.4, -0.2) is 36.4 Å². The number of carbonyl (C=O) groups is 2. The van der Waals surface area contributed by atoms with Gasteiger partial charge in [-0.25, -0.2) is 4.98 Å². The summed E-state index contributed by atoms with van der Waals surface area (Å²) in [6.45, 7) is 2.15. The molecule has 3 aliphatic rings. The monoisotopic (exact) mass is 472 g/mol. The van der Waals surface area contributed by atoms with Crippen LogP contribution in [0.25, 0.3) is 10.4 Å². The summed E-state index contributed by atoms with van der Waals surface area (Å²) in [7, 11) is 0. The Morgan fingerprint density at radius 3 is 2.76 bits per heavy atom. The van der Waals surface area contributed by atoms with Crippen LogP contribution >= 0.6 is 11.3 Å². The zero-order valence-electron chi connectivity index (χ0n) is 19.2. The van der Waals surface area contributed by atoms with Crippen LogP contribution in [-0.2, 0) is 17.6 Å².